The predicted molar refractivity (Wildman–Crippen MR) is 100 cm³/mol. The molecule has 3 N–H and O–H groups in total. The van der Waals surface area contributed by atoms with E-state index in [2.05, 4.69) is 6.58 Å². The standard InChI is InChI=1S/C19H27F2N3O5/c1-5-7-8-12(3)16(27)24(13-9-10-14(25)22-15(13)26)23-17(28)19(20,21)18(4,29)11-6-2/h7-8,13,29H,3,5-6,9-11H2,1-2,4H3,(H,23,28)(H,22,25,26)/b8-7-. The van der Waals surface area contributed by atoms with Crippen molar-refractivity contribution < 1.29 is 33.1 Å². The molecule has 2 unspecified atom stereocenters. The van der Waals surface area contributed by atoms with Crippen molar-refractivity contribution in [2.75, 3.05) is 0 Å². The molecule has 1 heterocycles. The second-order valence-electron chi connectivity index (χ2n) is 7.02. The van der Waals surface area contributed by atoms with Crippen molar-refractivity contribution in [2.45, 2.75) is 70.4 Å². The number of nitrogens with zero attached hydrogens (tertiary/aromatic N) is 1. The molecule has 8 nitrogen and oxygen atoms in total. The number of piperidine rings is 1. The van der Waals surface area contributed by atoms with Gasteiger partial charge in [-0.15, -0.1) is 0 Å². The molecule has 0 saturated carbocycles. The topological polar surface area (TPSA) is 116 Å². The van der Waals surface area contributed by atoms with Gasteiger partial charge in [0.1, 0.15) is 11.6 Å². The van der Waals surface area contributed by atoms with Crippen LogP contribution < -0.4 is 10.7 Å². The lowest BCUT2D eigenvalue weighted by Gasteiger charge is -2.36. The number of imide groups is 1. The van der Waals surface area contributed by atoms with Crippen LogP contribution in [0.3, 0.4) is 0 Å². The van der Waals surface area contributed by atoms with Crippen molar-refractivity contribution in [1.29, 1.82) is 0 Å². The maximum Gasteiger partial charge on any atom is 0.353 e. The van der Waals surface area contributed by atoms with Gasteiger partial charge < -0.3 is 5.11 Å². The van der Waals surface area contributed by atoms with Gasteiger partial charge in [0.25, 0.3) is 11.8 Å². The molecule has 1 saturated heterocycles. The van der Waals surface area contributed by atoms with E-state index < -0.39 is 41.2 Å². The molecule has 162 valence electrons. The first kappa shape index (κ1) is 24.4. The van der Waals surface area contributed by atoms with E-state index in [1.807, 2.05) is 5.32 Å². The van der Waals surface area contributed by atoms with Gasteiger partial charge in [-0.3, -0.25) is 29.9 Å². The van der Waals surface area contributed by atoms with E-state index in [9.17, 15) is 33.1 Å². The number of allylic oxidation sites excluding steroid dienone is 1. The van der Waals surface area contributed by atoms with E-state index in [-0.39, 0.29) is 31.3 Å². The third-order valence-electron chi connectivity index (χ3n) is 4.49. The van der Waals surface area contributed by atoms with Gasteiger partial charge in [0.05, 0.1) is 0 Å². The number of hydrazine groups is 1. The summed E-state index contributed by atoms with van der Waals surface area (Å²) in [5.74, 6) is -8.66. The number of hydrogen-bond donors (Lipinski definition) is 3. The Kier molecular flexibility index (Phi) is 8.19. The van der Waals surface area contributed by atoms with Crippen molar-refractivity contribution in [2.24, 2.45) is 0 Å². The molecule has 0 aliphatic carbocycles. The van der Waals surface area contributed by atoms with Crippen LogP contribution in [-0.4, -0.2) is 51.3 Å². The summed E-state index contributed by atoms with van der Waals surface area (Å²) in [6.07, 6.45) is 2.99. The Balaban J connectivity index is 3.20. The van der Waals surface area contributed by atoms with Crippen LogP contribution in [0.15, 0.2) is 24.3 Å². The van der Waals surface area contributed by atoms with E-state index >= 15 is 0 Å². The number of amides is 4. The monoisotopic (exact) mass is 415 g/mol. The van der Waals surface area contributed by atoms with Gasteiger partial charge in [0.2, 0.25) is 5.91 Å². The normalized spacial score (nSPS) is 19.4. The summed E-state index contributed by atoms with van der Waals surface area (Å²) >= 11 is 0. The van der Waals surface area contributed by atoms with Gasteiger partial charge in [-0.1, -0.05) is 39.0 Å². The van der Waals surface area contributed by atoms with Crippen LogP contribution in [-0.2, 0) is 19.2 Å². The molecule has 0 aromatic heterocycles. The molecule has 1 rings (SSSR count). The molecule has 10 heteroatoms. The van der Waals surface area contributed by atoms with Crippen LogP contribution >= 0.6 is 0 Å². The van der Waals surface area contributed by atoms with Crippen molar-refractivity contribution in [3.63, 3.8) is 0 Å². The van der Waals surface area contributed by atoms with Crippen LogP contribution in [0.25, 0.3) is 0 Å². The van der Waals surface area contributed by atoms with Crippen LogP contribution in [0.5, 0.6) is 0 Å². The summed E-state index contributed by atoms with van der Waals surface area (Å²) in [4.78, 5) is 48.5. The molecule has 2 atom stereocenters. The zero-order valence-corrected chi connectivity index (χ0v) is 16.8. The van der Waals surface area contributed by atoms with Crippen molar-refractivity contribution in [3.05, 3.63) is 24.3 Å². The fraction of sp³-hybridized carbons (Fsp3) is 0.579. The van der Waals surface area contributed by atoms with Crippen LogP contribution in [0.2, 0.25) is 0 Å². The van der Waals surface area contributed by atoms with Crippen molar-refractivity contribution >= 4 is 23.6 Å². The first-order valence-electron chi connectivity index (χ1n) is 9.33. The summed E-state index contributed by atoms with van der Waals surface area (Å²) in [5.41, 5.74) is -1.05. The minimum Gasteiger partial charge on any atom is -0.383 e. The van der Waals surface area contributed by atoms with Crippen LogP contribution in [0.4, 0.5) is 8.78 Å². The highest BCUT2D eigenvalue weighted by Gasteiger charge is 2.56. The Bertz CT molecular complexity index is 719. The van der Waals surface area contributed by atoms with Gasteiger partial charge >= 0.3 is 11.8 Å². The Morgan fingerprint density at radius 1 is 1.38 bits per heavy atom. The van der Waals surface area contributed by atoms with Gasteiger partial charge in [0, 0.05) is 12.0 Å². The lowest BCUT2D eigenvalue weighted by molar-refractivity contribution is -0.195. The molecular weight excluding hydrogens is 388 g/mol. The SMILES string of the molecule is C=C(/C=C\CC)C(=O)N(NC(=O)C(F)(F)C(C)(O)CCC)C1CCC(=O)NC1=O. The second-order valence-corrected chi connectivity index (χ2v) is 7.02. The summed E-state index contributed by atoms with van der Waals surface area (Å²) in [6, 6.07) is -1.39. The first-order chi connectivity index (χ1) is 13.4. The number of nitrogens with one attached hydrogen (secondary N) is 2. The highest BCUT2D eigenvalue weighted by molar-refractivity contribution is 6.04. The van der Waals surface area contributed by atoms with E-state index in [1.54, 1.807) is 25.3 Å². The number of alkyl halides is 2. The fourth-order valence-electron chi connectivity index (χ4n) is 2.75. The lowest BCUT2D eigenvalue weighted by Crippen LogP contribution is -2.65. The maximum atomic E-state index is 14.5. The summed E-state index contributed by atoms with van der Waals surface area (Å²) in [6.45, 7) is 7.70. The number of carbonyl (C=O) groups is 4. The Morgan fingerprint density at radius 2 is 2.00 bits per heavy atom. The minimum absolute atomic E-state index is 0.142. The van der Waals surface area contributed by atoms with E-state index in [0.29, 0.717) is 11.4 Å². The number of halogens is 2. The van der Waals surface area contributed by atoms with Crippen LogP contribution in [0.1, 0.15) is 52.9 Å². The van der Waals surface area contributed by atoms with E-state index in [1.165, 1.54) is 6.08 Å². The third kappa shape index (κ3) is 5.69. The van der Waals surface area contributed by atoms with Gasteiger partial charge in [-0.2, -0.15) is 8.78 Å². The molecule has 0 aromatic carbocycles. The molecule has 0 spiro atoms. The third-order valence-corrected chi connectivity index (χ3v) is 4.49. The summed E-state index contributed by atoms with van der Waals surface area (Å²) < 4.78 is 29.1. The highest BCUT2D eigenvalue weighted by Crippen LogP contribution is 2.33. The molecule has 0 bridgehead atoms. The van der Waals surface area contributed by atoms with Gasteiger partial charge in [0.15, 0.2) is 0 Å². The molecule has 29 heavy (non-hydrogen) atoms. The molecule has 0 aromatic rings. The number of hydrogen-bond acceptors (Lipinski definition) is 5. The average Bonchev–Trinajstić information content (AvgIpc) is 2.63. The molecule has 0 radical (unpaired) electrons. The van der Waals surface area contributed by atoms with Gasteiger partial charge in [-0.05, 0) is 26.2 Å². The van der Waals surface area contributed by atoms with Crippen LogP contribution in [0, 0.1) is 0 Å². The molecule has 1 fully saturated rings. The second kappa shape index (κ2) is 9.73. The minimum atomic E-state index is -4.25. The molecule has 1 aliphatic heterocycles. The molecule has 1 aliphatic rings. The Hall–Kier alpha value is -2.62. The quantitative estimate of drug-likeness (QED) is 0.240. The Morgan fingerprint density at radius 3 is 2.52 bits per heavy atom. The number of rotatable bonds is 8. The zero-order valence-electron chi connectivity index (χ0n) is 16.8. The maximum absolute atomic E-state index is 14.5. The van der Waals surface area contributed by atoms with Gasteiger partial charge in [-0.25, -0.2) is 5.01 Å². The zero-order chi connectivity index (χ0) is 22.4. The summed E-state index contributed by atoms with van der Waals surface area (Å²) in [7, 11) is 0. The average molecular weight is 415 g/mol. The predicted octanol–water partition coefficient (Wildman–Crippen LogP) is 1.36. The smallest absolute Gasteiger partial charge is 0.353 e. The Labute approximate surface area is 168 Å². The number of aliphatic hydroxyl groups is 1. The largest absolute Gasteiger partial charge is 0.383 e. The lowest BCUT2D eigenvalue weighted by atomic mass is 9.92. The highest BCUT2D eigenvalue weighted by atomic mass is 19.3. The van der Waals surface area contributed by atoms with E-state index in [4.69, 9.17) is 0 Å². The summed E-state index contributed by atoms with van der Waals surface area (Å²) in [5, 5.41) is 12.5. The molecule has 4 amide bonds. The fourth-order valence-corrected chi connectivity index (χ4v) is 2.75. The van der Waals surface area contributed by atoms with Crippen molar-refractivity contribution in [1.82, 2.24) is 15.8 Å². The van der Waals surface area contributed by atoms with Crippen molar-refractivity contribution in [3.8, 4) is 0 Å². The molecular formula is C19H27F2N3O5. The number of carbonyl (C=O) groups excluding carboxylic acids is 4. The first-order valence-corrected chi connectivity index (χ1v) is 9.33. The van der Waals surface area contributed by atoms with E-state index in [0.717, 1.165) is 6.92 Å².